The third kappa shape index (κ3) is 6.42. The second kappa shape index (κ2) is 8.74. The van der Waals surface area contributed by atoms with Crippen LogP contribution in [0.1, 0.15) is 32.1 Å². The Bertz CT molecular complexity index is 289. The van der Waals surface area contributed by atoms with Crippen molar-refractivity contribution in [1.29, 1.82) is 0 Å². The Kier molecular flexibility index (Phi) is 7.25. The first-order valence-corrected chi connectivity index (χ1v) is 7.02. The summed E-state index contributed by atoms with van der Waals surface area (Å²) in [5, 5.41) is 14.6. The van der Waals surface area contributed by atoms with Crippen LogP contribution >= 0.6 is 0 Å². The minimum absolute atomic E-state index is 0.00721. The first-order chi connectivity index (χ1) is 9.13. The van der Waals surface area contributed by atoms with Crippen molar-refractivity contribution in [3.63, 3.8) is 0 Å². The molecule has 3 N–H and O–H groups in total. The molecule has 1 heterocycles. The molecule has 1 fully saturated rings. The van der Waals surface area contributed by atoms with E-state index in [1.807, 2.05) is 11.9 Å². The third-order valence-electron chi connectivity index (χ3n) is 3.55. The predicted octanol–water partition coefficient (Wildman–Crippen LogP) is 0.882. The summed E-state index contributed by atoms with van der Waals surface area (Å²) in [6.07, 6.45) is 3.72. The molecule has 0 saturated carbocycles. The van der Waals surface area contributed by atoms with Gasteiger partial charge in [-0.1, -0.05) is 0 Å². The Morgan fingerprint density at radius 3 is 2.53 bits per heavy atom. The highest BCUT2D eigenvalue weighted by atomic mass is 16.4. The van der Waals surface area contributed by atoms with E-state index < -0.39 is 5.97 Å². The molecule has 0 spiro atoms. The van der Waals surface area contributed by atoms with Gasteiger partial charge in [-0.3, -0.25) is 4.79 Å². The number of carboxylic acid groups (broad SMARTS) is 1. The van der Waals surface area contributed by atoms with Gasteiger partial charge in [0.15, 0.2) is 0 Å². The lowest BCUT2D eigenvalue weighted by Gasteiger charge is -2.31. The van der Waals surface area contributed by atoms with Crippen molar-refractivity contribution in [2.45, 2.75) is 32.1 Å². The maximum atomic E-state index is 11.8. The number of nitrogens with one attached hydrogen (secondary N) is 2. The molecule has 1 aliphatic heterocycles. The molecule has 1 rings (SSSR count). The maximum Gasteiger partial charge on any atom is 0.317 e. The number of piperidine rings is 1. The molecule has 110 valence electrons. The van der Waals surface area contributed by atoms with Gasteiger partial charge in [0.25, 0.3) is 0 Å². The number of urea groups is 1. The average molecular weight is 271 g/mol. The summed E-state index contributed by atoms with van der Waals surface area (Å²) in [4.78, 5) is 24.2. The molecule has 6 nitrogen and oxygen atoms in total. The Hall–Kier alpha value is -1.30. The maximum absolute atomic E-state index is 11.8. The van der Waals surface area contributed by atoms with Crippen molar-refractivity contribution >= 4 is 12.0 Å². The van der Waals surface area contributed by atoms with Crippen LogP contribution in [-0.2, 0) is 4.79 Å². The van der Waals surface area contributed by atoms with Crippen LogP contribution in [0.3, 0.4) is 0 Å². The molecule has 0 aliphatic carbocycles. The largest absolute Gasteiger partial charge is 0.481 e. The lowest BCUT2D eigenvalue weighted by atomic mass is 9.92. The normalized spacial score (nSPS) is 16.4. The monoisotopic (exact) mass is 271 g/mol. The van der Waals surface area contributed by atoms with Crippen LogP contribution in [0.5, 0.6) is 0 Å². The fourth-order valence-electron chi connectivity index (χ4n) is 2.32. The molecule has 0 unspecified atom stereocenters. The number of carbonyl (C=O) groups is 2. The van der Waals surface area contributed by atoms with Gasteiger partial charge in [0.05, 0.1) is 0 Å². The predicted molar refractivity (Wildman–Crippen MR) is 73.1 cm³/mol. The lowest BCUT2D eigenvalue weighted by Crippen LogP contribution is -2.45. The molecular formula is C13H25N3O3. The molecule has 0 radical (unpaired) electrons. The molecule has 0 bridgehead atoms. The van der Waals surface area contributed by atoms with E-state index in [1.54, 1.807) is 0 Å². The average Bonchev–Trinajstić information content (AvgIpc) is 2.41. The van der Waals surface area contributed by atoms with E-state index in [9.17, 15) is 9.59 Å². The van der Waals surface area contributed by atoms with Gasteiger partial charge < -0.3 is 20.6 Å². The number of amides is 2. The fourth-order valence-corrected chi connectivity index (χ4v) is 2.32. The third-order valence-corrected chi connectivity index (χ3v) is 3.55. The Morgan fingerprint density at radius 1 is 1.26 bits per heavy atom. The van der Waals surface area contributed by atoms with E-state index in [2.05, 4.69) is 10.6 Å². The Balaban J connectivity index is 2.14. The van der Waals surface area contributed by atoms with E-state index in [1.165, 1.54) is 0 Å². The van der Waals surface area contributed by atoms with E-state index in [-0.39, 0.29) is 12.5 Å². The lowest BCUT2D eigenvalue weighted by molar-refractivity contribution is -0.137. The number of carboxylic acids is 1. The summed E-state index contributed by atoms with van der Waals surface area (Å²) in [6.45, 7) is 3.07. The van der Waals surface area contributed by atoms with E-state index in [4.69, 9.17) is 5.11 Å². The molecule has 1 saturated heterocycles. The number of aliphatic carboxylic acids is 1. The Morgan fingerprint density at radius 2 is 1.95 bits per heavy atom. The second-order valence-electron chi connectivity index (χ2n) is 5.05. The fraction of sp³-hybridized carbons (Fsp3) is 0.846. The van der Waals surface area contributed by atoms with Crippen LogP contribution < -0.4 is 10.6 Å². The summed E-state index contributed by atoms with van der Waals surface area (Å²) in [5.74, 6) is -0.283. The van der Waals surface area contributed by atoms with E-state index in [0.717, 1.165) is 45.3 Å². The number of nitrogens with zero attached hydrogens (tertiary/aromatic N) is 1. The number of hydrogen-bond acceptors (Lipinski definition) is 3. The highest BCUT2D eigenvalue weighted by Gasteiger charge is 2.22. The molecule has 2 amide bonds. The molecule has 19 heavy (non-hydrogen) atoms. The number of carbonyl (C=O) groups excluding carboxylic acids is 1. The van der Waals surface area contributed by atoms with Crippen LogP contribution in [0.4, 0.5) is 4.79 Å². The molecule has 0 aromatic heterocycles. The molecule has 0 aromatic rings. The van der Waals surface area contributed by atoms with Crippen molar-refractivity contribution in [2.24, 2.45) is 5.92 Å². The highest BCUT2D eigenvalue weighted by Crippen LogP contribution is 2.21. The van der Waals surface area contributed by atoms with Crippen LogP contribution in [0.15, 0.2) is 0 Å². The second-order valence-corrected chi connectivity index (χ2v) is 5.05. The van der Waals surface area contributed by atoms with Crippen LogP contribution in [0, 0.1) is 5.92 Å². The van der Waals surface area contributed by atoms with Crippen LogP contribution in [0.25, 0.3) is 0 Å². The minimum atomic E-state index is -0.732. The quantitative estimate of drug-likeness (QED) is 0.600. The van der Waals surface area contributed by atoms with Crippen molar-refractivity contribution < 1.29 is 14.7 Å². The summed E-state index contributed by atoms with van der Waals surface area (Å²) in [5.41, 5.74) is 0. The zero-order chi connectivity index (χ0) is 14.1. The van der Waals surface area contributed by atoms with Gasteiger partial charge in [-0.2, -0.15) is 0 Å². The van der Waals surface area contributed by atoms with Crippen LogP contribution in [0.2, 0.25) is 0 Å². The van der Waals surface area contributed by atoms with Gasteiger partial charge in [-0.15, -0.1) is 0 Å². The Labute approximate surface area is 114 Å². The number of hydrogen-bond donors (Lipinski definition) is 3. The van der Waals surface area contributed by atoms with Crippen molar-refractivity contribution in [2.75, 3.05) is 33.2 Å². The highest BCUT2D eigenvalue weighted by molar-refractivity contribution is 5.74. The standard InChI is InChI=1S/C13H25N3O3/c1-14-7-2-8-15-13(19)16-9-5-11(6-10-16)3-4-12(17)18/h11,14H,2-10H2,1H3,(H,15,19)(H,17,18). The number of likely N-dealkylation sites (tertiary alicyclic amines) is 1. The smallest absolute Gasteiger partial charge is 0.317 e. The molecule has 6 heteroatoms. The SMILES string of the molecule is CNCCCNC(=O)N1CCC(CCC(=O)O)CC1. The van der Waals surface area contributed by atoms with Crippen LogP contribution in [-0.4, -0.2) is 55.2 Å². The first-order valence-electron chi connectivity index (χ1n) is 7.02. The number of rotatable bonds is 7. The zero-order valence-electron chi connectivity index (χ0n) is 11.7. The summed E-state index contributed by atoms with van der Waals surface area (Å²) in [6, 6.07) is 0.00721. The summed E-state index contributed by atoms with van der Waals surface area (Å²) in [7, 11) is 1.89. The van der Waals surface area contributed by atoms with Gasteiger partial charge in [0, 0.05) is 26.1 Å². The van der Waals surface area contributed by atoms with Gasteiger partial charge in [-0.05, 0) is 45.2 Å². The summed E-state index contributed by atoms with van der Waals surface area (Å²) < 4.78 is 0. The molecule has 1 aliphatic rings. The van der Waals surface area contributed by atoms with E-state index in [0.29, 0.717) is 12.5 Å². The van der Waals surface area contributed by atoms with E-state index >= 15 is 0 Å². The molecule has 0 atom stereocenters. The summed E-state index contributed by atoms with van der Waals surface area (Å²) >= 11 is 0. The van der Waals surface area contributed by atoms with Gasteiger partial charge in [0.1, 0.15) is 0 Å². The van der Waals surface area contributed by atoms with Crippen molar-refractivity contribution in [3.8, 4) is 0 Å². The zero-order valence-corrected chi connectivity index (χ0v) is 11.7. The molecule has 0 aromatic carbocycles. The van der Waals surface area contributed by atoms with Gasteiger partial charge in [-0.25, -0.2) is 4.79 Å². The van der Waals surface area contributed by atoms with Gasteiger partial charge in [0.2, 0.25) is 0 Å². The molecular weight excluding hydrogens is 246 g/mol. The topological polar surface area (TPSA) is 81.7 Å². The van der Waals surface area contributed by atoms with Crippen molar-refractivity contribution in [1.82, 2.24) is 15.5 Å². The van der Waals surface area contributed by atoms with Crippen molar-refractivity contribution in [3.05, 3.63) is 0 Å². The minimum Gasteiger partial charge on any atom is -0.481 e. The first kappa shape index (κ1) is 15.8. The van der Waals surface area contributed by atoms with Gasteiger partial charge >= 0.3 is 12.0 Å².